The molecule has 102 valence electrons. The second kappa shape index (κ2) is 4.79. The first-order chi connectivity index (χ1) is 8.88. The molecule has 1 aliphatic rings. The summed E-state index contributed by atoms with van der Waals surface area (Å²) in [4.78, 5) is 21.5. The molecule has 0 heterocycles. The molecule has 0 spiro atoms. The van der Waals surface area contributed by atoms with Gasteiger partial charge in [-0.3, -0.25) is 0 Å². The average Bonchev–Trinajstić information content (AvgIpc) is 2.63. The summed E-state index contributed by atoms with van der Waals surface area (Å²) in [5.41, 5.74) is 6.14. The van der Waals surface area contributed by atoms with Gasteiger partial charge in [-0.05, 0) is 41.5 Å². The highest BCUT2D eigenvalue weighted by molar-refractivity contribution is 5.74. The molecule has 0 atom stereocenters. The minimum absolute atomic E-state index is 0.0739. The third kappa shape index (κ3) is 2.96. The van der Waals surface area contributed by atoms with Crippen LogP contribution >= 0.6 is 0 Å². The van der Waals surface area contributed by atoms with Crippen molar-refractivity contribution in [1.29, 1.82) is 0 Å². The van der Waals surface area contributed by atoms with E-state index in [4.69, 9.17) is 9.84 Å². The number of hydrogen-bond donors (Lipinski definition) is 3. The summed E-state index contributed by atoms with van der Waals surface area (Å²) in [7, 11) is 0. The molecule has 1 aromatic carbocycles. The maximum Gasteiger partial charge on any atom is 0.431 e. The number of carbonyl (C=O) groups is 2. The van der Waals surface area contributed by atoms with Gasteiger partial charge in [0.1, 0.15) is 5.75 Å². The quantitative estimate of drug-likeness (QED) is 0.678. The van der Waals surface area contributed by atoms with Gasteiger partial charge in [0.05, 0.1) is 0 Å². The number of benzene rings is 1. The molecule has 0 saturated heterocycles. The van der Waals surface area contributed by atoms with Crippen LogP contribution in [0.15, 0.2) is 18.2 Å². The zero-order valence-corrected chi connectivity index (χ0v) is 10.8. The predicted molar refractivity (Wildman–Crippen MR) is 68.1 cm³/mol. The van der Waals surface area contributed by atoms with Crippen LogP contribution in [-0.2, 0) is 11.8 Å². The fraction of sp³-hybridized carbons (Fsp3) is 0.385. The number of amides is 2. The number of rotatable bonds is 1. The van der Waals surface area contributed by atoms with E-state index < -0.39 is 12.2 Å². The summed E-state index contributed by atoms with van der Waals surface area (Å²) >= 11 is 0. The average molecular weight is 264 g/mol. The number of hydrazine groups is 1. The second-order valence-corrected chi connectivity index (χ2v) is 5.15. The van der Waals surface area contributed by atoms with Crippen molar-refractivity contribution in [2.24, 2.45) is 0 Å². The van der Waals surface area contributed by atoms with E-state index in [9.17, 15) is 9.59 Å². The smallest absolute Gasteiger partial charge is 0.431 e. The maximum atomic E-state index is 11.3. The van der Waals surface area contributed by atoms with Gasteiger partial charge in [-0.1, -0.05) is 19.9 Å². The zero-order valence-electron chi connectivity index (χ0n) is 10.8. The molecule has 3 N–H and O–H groups in total. The van der Waals surface area contributed by atoms with Gasteiger partial charge in [0.25, 0.3) is 0 Å². The van der Waals surface area contributed by atoms with E-state index in [1.54, 1.807) is 11.5 Å². The summed E-state index contributed by atoms with van der Waals surface area (Å²) < 4.78 is 5.01. The van der Waals surface area contributed by atoms with Crippen LogP contribution in [0.5, 0.6) is 5.75 Å². The highest BCUT2D eigenvalue weighted by Gasteiger charge is 2.30. The highest BCUT2D eigenvalue weighted by atomic mass is 16.6. The lowest BCUT2D eigenvalue weighted by atomic mass is 9.86. The molecule has 0 radical (unpaired) electrons. The number of carboxylic acid groups (broad SMARTS) is 1. The van der Waals surface area contributed by atoms with Crippen LogP contribution in [0, 0.1) is 0 Å². The van der Waals surface area contributed by atoms with Crippen LogP contribution in [0.1, 0.15) is 31.4 Å². The summed E-state index contributed by atoms with van der Waals surface area (Å²) in [5.74, 6) is 0.401. The molecular formula is C13H16N2O4. The summed E-state index contributed by atoms with van der Waals surface area (Å²) in [6.45, 7) is 4.29. The van der Waals surface area contributed by atoms with E-state index in [0.717, 1.165) is 12.8 Å². The van der Waals surface area contributed by atoms with Crippen molar-refractivity contribution in [2.45, 2.75) is 32.1 Å². The molecule has 6 heteroatoms. The minimum Gasteiger partial charge on any atom is -0.464 e. The minimum atomic E-state index is -1.35. The van der Waals surface area contributed by atoms with Crippen LogP contribution in [0.4, 0.5) is 9.59 Å². The Morgan fingerprint density at radius 1 is 1.32 bits per heavy atom. The molecule has 0 saturated carbocycles. The molecule has 0 aliphatic heterocycles. The van der Waals surface area contributed by atoms with Gasteiger partial charge >= 0.3 is 12.2 Å². The number of fused-ring (bicyclic) bond motifs is 1. The number of carbonyl (C=O) groups excluding carboxylic acids is 1. The van der Waals surface area contributed by atoms with Crippen molar-refractivity contribution < 1.29 is 19.4 Å². The third-order valence-corrected chi connectivity index (χ3v) is 3.31. The van der Waals surface area contributed by atoms with Gasteiger partial charge in [-0.2, -0.15) is 0 Å². The monoisotopic (exact) mass is 264 g/mol. The summed E-state index contributed by atoms with van der Waals surface area (Å²) in [5, 5.41) is 8.34. The number of ether oxygens (including phenoxy) is 1. The lowest BCUT2D eigenvalue weighted by molar-refractivity contribution is 0.175. The van der Waals surface area contributed by atoms with Gasteiger partial charge in [0.15, 0.2) is 0 Å². The van der Waals surface area contributed by atoms with Crippen LogP contribution < -0.4 is 15.6 Å². The van der Waals surface area contributed by atoms with Crippen LogP contribution in [0.2, 0.25) is 0 Å². The predicted octanol–water partition coefficient (Wildman–Crippen LogP) is 2.18. The van der Waals surface area contributed by atoms with Crippen molar-refractivity contribution in [3.63, 3.8) is 0 Å². The number of aryl methyl sites for hydroxylation is 1. The normalized spacial score (nSPS) is 15.5. The molecular weight excluding hydrogens is 248 g/mol. The van der Waals surface area contributed by atoms with E-state index in [0.29, 0.717) is 5.75 Å². The fourth-order valence-electron chi connectivity index (χ4n) is 2.29. The molecule has 1 aliphatic carbocycles. The van der Waals surface area contributed by atoms with E-state index in [1.165, 1.54) is 11.1 Å². The standard InChI is InChI=1S/C13H16N2O4/c1-13(2)6-5-8-3-4-9(7-10(8)13)19-12(18)15-14-11(16)17/h3-4,7,14H,5-6H2,1-2H3,(H,15,18)(H,16,17). The third-order valence-electron chi connectivity index (χ3n) is 3.31. The number of hydrogen-bond acceptors (Lipinski definition) is 3. The first kappa shape index (κ1) is 13.2. The Morgan fingerprint density at radius 2 is 2.05 bits per heavy atom. The van der Waals surface area contributed by atoms with Crippen LogP contribution in [-0.4, -0.2) is 17.3 Å². The topological polar surface area (TPSA) is 87.7 Å². The Labute approximate surface area is 110 Å². The molecule has 2 rings (SSSR count). The summed E-state index contributed by atoms with van der Waals surface area (Å²) in [6.07, 6.45) is -0.126. The van der Waals surface area contributed by atoms with E-state index in [-0.39, 0.29) is 5.41 Å². The van der Waals surface area contributed by atoms with Gasteiger partial charge < -0.3 is 9.84 Å². The molecule has 0 aromatic heterocycles. The Kier molecular flexibility index (Phi) is 3.33. The first-order valence-electron chi connectivity index (χ1n) is 5.99. The van der Waals surface area contributed by atoms with Crippen molar-refractivity contribution in [2.75, 3.05) is 0 Å². The molecule has 0 bridgehead atoms. The van der Waals surface area contributed by atoms with Crippen molar-refractivity contribution in [3.05, 3.63) is 29.3 Å². The fourth-order valence-corrected chi connectivity index (χ4v) is 2.29. The van der Waals surface area contributed by atoms with E-state index in [2.05, 4.69) is 13.8 Å². The van der Waals surface area contributed by atoms with Crippen LogP contribution in [0.25, 0.3) is 0 Å². The summed E-state index contributed by atoms with van der Waals surface area (Å²) in [6, 6.07) is 5.49. The van der Waals surface area contributed by atoms with Gasteiger partial charge in [0, 0.05) is 0 Å². The Morgan fingerprint density at radius 3 is 2.74 bits per heavy atom. The Hall–Kier alpha value is -2.24. The van der Waals surface area contributed by atoms with Gasteiger partial charge in [0.2, 0.25) is 0 Å². The first-order valence-corrected chi connectivity index (χ1v) is 5.99. The maximum absolute atomic E-state index is 11.3. The lowest BCUT2D eigenvalue weighted by Crippen LogP contribution is -2.42. The van der Waals surface area contributed by atoms with Crippen molar-refractivity contribution >= 4 is 12.2 Å². The van der Waals surface area contributed by atoms with E-state index >= 15 is 0 Å². The molecule has 6 nitrogen and oxygen atoms in total. The zero-order chi connectivity index (χ0) is 14.0. The Bertz CT molecular complexity index is 525. The molecule has 19 heavy (non-hydrogen) atoms. The molecule has 1 aromatic rings. The van der Waals surface area contributed by atoms with E-state index in [1.807, 2.05) is 17.6 Å². The SMILES string of the molecule is CC1(C)CCc2ccc(OC(=O)NNC(=O)O)cc21. The van der Waals surface area contributed by atoms with Crippen molar-refractivity contribution in [1.82, 2.24) is 10.9 Å². The molecule has 2 amide bonds. The second-order valence-electron chi connectivity index (χ2n) is 5.15. The number of nitrogens with one attached hydrogen (secondary N) is 2. The highest BCUT2D eigenvalue weighted by Crippen LogP contribution is 2.39. The molecule has 0 fully saturated rings. The van der Waals surface area contributed by atoms with Gasteiger partial charge in [-0.25, -0.2) is 20.4 Å². The van der Waals surface area contributed by atoms with Crippen molar-refractivity contribution in [3.8, 4) is 5.75 Å². The van der Waals surface area contributed by atoms with Gasteiger partial charge in [-0.15, -0.1) is 0 Å². The Balaban J connectivity index is 2.07. The molecule has 0 unspecified atom stereocenters. The lowest BCUT2D eigenvalue weighted by Gasteiger charge is -2.19. The van der Waals surface area contributed by atoms with Crippen LogP contribution in [0.3, 0.4) is 0 Å². The largest absolute Gasteiger partial charge is 0.464 e.